The number of rotatable bonds is 3. The van der Waals surface area contributed by atoms with Crippen LogP contribution in [-0.4, -0.2) is 32.3 Å². The molecule has 0 atom stereocenters. The zero-order valence-corrected chi connectivity index (χ0v) is 18.7. The van der Waals surface area contributed by atoms with Crippen LogP contribution in [0.25, 0.3) is 10.9 Å². The van der Waals surface area contributed by atoms with E-state index in [9.17, 15) is 13.2 Å². The Kier molecular flexibility index (Phi) is 4.94. The summed E-state index contributed by atoms with van der Waals surface area (Å²) < 4.78 is 34.2. The summed E-state index contributed by atoms with van der Waals surface area (Å²) in [4.78, 5) is 19.2. The fraction of sp³-hybridized carbons (Fsp3) is 0.0800. The standard InChI is InChI=1S/C25H19N3O4S/c1-16-15-21(19-7-3-5-9-22(19)26-16)25(29)32-18-13-11-17(12-14-18)28(2)24-20-8-4-6-10-23(20)33(30,31)27-24/h3-15H,1-2H3. The van der Waals surface area contributed by atoms with Gasteiger partial charge < -0.3 is 9.64 Å². The van der Waals surface area contributed by atoms with E-state index < -0.39 is 16.0 Å². The van der Waals surface area contributed by atoms with Crippen molar-refractivity contribution >= 4 is 38.4 Å². The number of hydrogen-bond donors (Lipinski definition) is 0. The molecule has 5 rings (SSSR count). The van der Waals surface area contributed by atoms with Gasteiger partial charge in [0.25, 0.3) is 10.0 Å². The van der Waals surface area contributed by atoms with E-state index >= 15 is 0 Å². The van der Waals surface area contributed by atoms with Crippen molar-refractivity contribution in [3.05, 3.63) is 95.7 Å². The van der Waals surface area contributed by atoms with Gasteiger partial charge in [-0.05, 0) is 55.5 Å². The van der Waals surface area contributed by atoms with Gasteiger partial charge in [0.05, 0.1) is 11.1 Å². The third-order valence-electron chi connectivity index (χ3n) is 5.43. The molecule has 3 aromatic carbocycles. The Bertz CT molecular complexity index is 1540. The third kappa shape index (κ3) is 3.74. The molecule has 33 heavy (non-hydrogen) atoms. The maximum Gasteiger partial charge on any atom is 0.344 e. The molecule has 164 valence electrons. The van der Waals surface area contributed by atoms with Gasteiger partial charge in [0.2, 0.25) is 0 Å². The van der Waals surface area contributed by atoms with Gasteiger partial charge in [-0.3, -0.25) is 4.98 Å². The number of esters is 1. The van der Waals surface area contributed by atoms with Crippen LogP contribution in [0.3, 0.4) is 0 Å². The van der Waals surface area contributed by atoms with Crippen LogP contribution in [0.2, 0.25) is 0 Å². The minimum absolute atomic E-state index is 0.192. The number of ether oxygens (including phenoxy) is 1. The Morgan fingerprint density at radius 3 is 2.42 bits per heavy atom. The molecule has 2 heterocycles. The van der Waals surface area contributed by atoms with E-state index in [1.54, 1.807) is 66.5 Å². The van der Waals surface area contributed by atoms with Crippen molar-refractivity contribution in [2.75, 3.05) is 11.9 Å². The van der Waals surface area contributed by atoms with Crippen LogP contribution in [0.1, 0.15) is 21.6 Å². The molecule has 0 bridgehead atoms. The van der Waals surface area contributed by atoms with Crippen molar-refractivity contribution in [3.63, 3.8) is 0 Å². The molecule has 1 aromatic heterocycles. The number of carbonyl (C=O) groups is 1. The molecule has 0 spiro atoms. The average molecular weight is 458 g/mol. The van der Waals surface area contributed by atoms with E-state index in [0.29, 0.717) is 28.4 Å². The lowest BCUT2D eigenvalue weighted by atomic mass is 10.1. The number of aromatic nitrogens is 1. The SMILES string of the molecule is Cc1cc(C(=O)Oc2ccc(N(C)C3=NS(=O)(=O)c4ccccc43)cc2)c2ccccc2n1. The molecule has 7 nitrogen and oxygen atoms in total. The number of anilines is 1. The van der Waals surface area contributed by atoms with E-state index in [1.807, 2.05) is 31.2 Å². The highest BCUT2D eigenvalue weighted by atomic mass is 32.2. The number of carbonyl (C=O) groups excluding carboxylic acids is 1. The van der Waals surface area contributed by atoms with Gasteiger partial charge >= 0.3 is 5.97 Å². The summed E-state index contributed by atoms with van der Waals surface area (Å²) in [5.41, 5.74) is 3.15. The molecule has 4 aromatic rings. The number of fused-ring (bicyclic) bond motifs is 2. The number of amidine groups is 1. The number of sulfonamides is 1. The predicted octanol–water partition coefficient (Wildman–Crippen LogP) is 4.35. The largest absolute Gasteiger partial charge is 0.423 e. The molecule has 0 saturated heterocycles. The first-order valence-corrected chi connectivity index (χ1v) is 11.6. The number of benzene rings is 3. The maximum atomic E-state index is 12.9. The summed E-state index contributed by atoms with van der Waals surface area (Å²) in [5.74, 6) is 0.240. The lowest BCUT2D eigenvalue weighted by molar-refractivity contribution is 0.0736. The zero-order valence-electron chi connectivity index (χ0n) is 17.9. The third-order valence-corrected chi connectivity index (χ3v) is 6.75. The second kappa shape index (κ2) is 7.83. The lowest BCUT2D eigenvalue weighted by Gasteiger charge is -2.19. The molecule has 0 aliphatic carbocycles. The van der Waals surface area contributed by atoms with Crippen molar-refractivity contribution in [1.29, 1.82) is 0 Å². The summed E-state index contributed by atoms with van der Waals surface area (Å²) in [6.07, 6.45) is 0. The van der Waals surface area contributed by atoms with E-state index in [1.165, 1.54) is 0 Å². The Morgan fingerprint density at radius 1 is 0.939 bits per heavy atom. The first-order chi connectivity index (χ1) is 15.8. The fourth-order valence-electron chi connectivity index (χ4n) is 3.83. The van der Waals surface area contributed by atoms with Crippen molar-refractivity contribution in [2.45, 2.75) is 11.8 Å². The Hall–Kier alpha value is -4.04. The van der Waals surface area contributed by atoms with Crippen LogP contribution in [-0.2, 0) is 10.0 Å². The number of para-hydroxylation sites is 1. The highest BCUT2D eigenvalue weighted by molar-refractivity contribution is 7.90. The topological polar surface area (TPSA) is 88.9 Å². The van der Waals surface area contributed by atoms with E-state index in [-0.39, 0.29) is 4.90 Å². The minimum Gasteiger partial charge on any atom is -0.423 e. The summed E-state index contributed by atoms with van der Waals surface area (Å²) in [6, 6.07) is 22.7. The molecular formula is C25H19N3O4S. The van der Waals surface area contributed by atoms with Crippen molar-refractivity contribution in [2.24, 2.45) is 4.40 Å². The average Bonchev–Trinajstić information content (AvgIpc) is 3.09. The highest BCUT2D eigenvalue weighted by Crippen LogP contribution is 2.30. The first kappa shape index (κ1) is 20.8. The molecule has 0 saturated carbocycles. The quantitative estimate of drug-likeness (QED) is 0.336. The molecule has 0 radical (unpaired) electrons. The monoisotopic (exact) mass is 457 g/mol. The predicted molar refractivity (Wildman–Crippen MR) is 126 cm³/mol. The summed E-state index contributed by atoms with van der Waals surface area (Å²) in [5, 5.41) is 0.726. The van der Waals surface area contributed by atoms with Crippen LogP contribution in [0.5, 0.6) is 5.75 Å². The van der Waals surface area contributed by atoms with Gasteiger partial charge in [0, 0.05) is 29.4 Å². The van der Waals surface area contributed by atoms with Crippen molar-refractivity contribution in [1.82, 2.24) is 4.98 Å². The van der Waals surface area contributed by atoms with Crippen LogP contribution >= 0.6 is 0 Å². The summed E-state index contributed by atoms with van der Waals surface area (Å²) in [7, 11) is -1.97. The van der Waals surface area contributed by atoms with Gasteiger partial charge in [-0.1, -0.05) is 30.3 Å². The zero-order chi connectivity index (χ0) is 23.2. The molecule has 1 aliphatic rings. The number of hydrogen-bond acceptors (Lipinski definition) is 6. The highest BCUT2D eigenvalue weighted by Gasteiger charge is 2.30. The molecule has 8 heteroatoms. The molecule has 0 fully saturated rings. The molecule has 0 N–H and O–H groups in total. The van der Waals surface area contributed by atoms with E-state index in [0.717, 1.165) is 16.6 Å². The molecule has 1 aliphatic heterocycles. The van der Waals surface area contributed by atoms with E-state index in [2.05, 4.69) is 9.38 Å². The molecule has 0 unspecified atom stereocenters. The summed E-state index contributed by atoms with van der Waals surface area (Å²) in [6.45, 7) is 1.83. The normalized spacial score (nSPS) is 13.9. The fourth-order valence-corrected chi connectivity index (χ4v) is 5.06. The Labute approximate surface area is 191 Å². The number of aryl methyl sites for hydroxylation is 1. The second-order valence-electron chi connectivity index (χ2n) is 7.66. The van der Waals surface area contributed by atoms with Gasteiger partial charge in [-0.15, -0.1) is 4.40 Å². The smallest absolute Gasteiger partial charge is 0.344 e. The summed E-state index contributed by atoms with van der Waals surface area (Å²) >= 11 is 0. The molecule has 0 amide bonds. The first-order valence-electron chi connectivity index (χ1n) is 10.2. The Balaban J connectivity index is 1.40. The minimum atomic E-state index is -3.71. The van der Waals surface area contributed by atoms with Gasteiger partial charge in [-0.2, -0.15) is 8.42 Å². The van der Waals surface area contributed by atoms with Crippen LogP contribution in [0, 0.1) is 6.92 Å². The van der Waals surface area contributed by atoms with Gasteiger partial charge in [0.1, 0.15) is 10.6 Å². The van der Waals surface area contributed by atoms with Crippen molar-refractivity contribution < 1.29 is 17.9 Å². The van der Waals surface area contributed by atoms with Crippen LogP contribution in [0.15, 0.2) is 88.2 Å². The lowest BCUT2D eigenvalue weighted by Crippen LogP contribution is -2.25. The molecular weight excluding hydrogens is 438 g/mol. The second-order valence-corrected chi connectivity index (χ2v) is 9.23. The van der Waals surface area contributed by atoms with Crippen molar-refractivity contribution in [3.8, 4) is 5.75 Å². The van der Waals surface area contributed by atoms with Crippen LogP contribution in [0.4, 0.5) is 5.69 Å². The van der Waals surface area contributed by atoms with Crippen LogP contribution < -0.4 is 9.64 Å². The number of nitrogens with zero attached hydrogens (tertiary/aromatic N) is 3. The van der Waals surface area contributed by atoms with E-state index in [4.69, 9.17) is 4.74 Å². The van der Waals surface area contributed by atoms with Gasteiger partial charge in [0.15, 0.2) is 5.84 Å². The Morgan fingerprint density at radius 2 is 1.64 bits per heavy atom. The number of pyridine rings is 1. The van der Waals surface area contributed by atoms with Gasteiger partial charge in [-0.25, -0.2) is 4.79 Å². The maximum absolute atomic E-state index is 12.9.